The van der Waals surface area contributed by atoms with Crippen molar-refractivity contribution in [2.45, 2.75) is 44.4 Å². The lowest BCUT2D eigenvalue weighted by Gasteiger charge is -1.98. The Morgan fingerprint density at radius 1 is 1.33 bits per heavy atom. The number of hydrogen-bond donors (Lipinski definition) is 0. The molecule has 0 unspecified atom stereocenters. The number of carbonyl (C=O) groups is 1. The van der Waals surface area contributed by atoms with Gasteiger partial charge in [0.05, 0.1) is 5.38 Å². The summed E-state index contributed by atoms with van der Waals surface area (Å²) in [7, 11) is 0. The van der Waals surface area contributed by atoms with Crippen LogP contribution in [-0.2, 0) is 4.79 Å². The van der Waals surface area contributed by atoms with Crippen LogP contribution in [0.3, 0.4) is 0 Å². The van der Waals surface area contributed by atoms with E-state index in [2.05, 4.69) is 19.1 Å². The Morgan fingerprint density at radius 2 is 2.08 bits per heavy atom. The number of halogens is 1. The largest absolute Gasteiger partial charge is 0.302 e. The molecule has 0 aromatic carbocycles. The van der Waals surface area contributed by atoms with Crippen LogP contribution in [-0.4, -0.2) is 11.7 Å². The molecule has 0 aromatic heterocycles. The fourth-order valence-corrected chi connectivity index (χ4v) is 1.11. The molecule has 1 nitrogen and oxygen atoms in total. The van der Waals surface area contributed by atoms with Gasteiger partial charge in [-0.25, -0.2) is 0 Å². The standard InChI is InChI=1S/C10H17ClO/c1-2-3-4-5-6-7-8-10(11)9-12/h3-4,9-10H,2,5-8H2,1H3/b4-3-/t10-/m0/s1. The van der Waals surface area contributed by atoms with E-state index in [1.54, 1.807) is 0 Å². The summed E-state index contributed by atoms with van der Waals surface area (Å²) in [5.41, 5.74) is 0. The fourth-order valence-electron chi connectivity index (χ4n) is 0.954. The maximum absolute atomic E-state index is 10.1. The molecular formula is C10H17ClO. The second-order valence-corrected chi connectivity index (χ2v) is 3.38. The average Bonchev–Trinajstić information content (AvgIpc) is 2.10. The monoisotopic (exact) mass is 188 g/mol. The van der Waals surface area contributed by atoms with Crippen molar-refractivity contribution < 1.29 is 4.79 Å². The van der Waals surface area contributed by atoms with Gasteiger partial charge in [0.2, 0.25) is 0 Å². The Bertz CT molecular complexity index is 132. The van der Waals surface area contributed by atoms with E-state index in [0.29, 0.717) is 0 Å². The van der Waals surface area contributed by atoms with Crippen molar-refractivity contribution >= 4 is 17.9 Å². The first kappa shape index (κ1) is 11.7. The minimum Gasteiger partial charge on any atom is -0.302 e. The second-order valence-electron chi connectivity index (χ2n) is 2.82. The summed E-state index contributed by atoms with van der Waals surface area (Å²) in [5, 5.41) is -0.278. The maximum Gasteiger partial charge on any atom is 0.137 e. The highest BCUT2D eigenvalue weighted by Gasteiger charge is 1.99. The quantitative estimate of drug-likeness (QED) is 0.259. The van der Waals surface area contributed by atoms with Gasteiger partial charge in [0, 0.05) is 0 Å². The van der Waals surface area contributed by atoms with Crippen molar-refractivity contribution in [2.24, 2.45) is 0 Å². The average molecular weight is 189 g/mol. The number of rotatable bonds is 7. The molecule has 0 aliphatic rings. The smallest absolute Gasteiger partial charge is 0.137 e. The number of allylic oxidation sites excluding steroid dienone is 2. The van der Waals surface area contributed by atoms with Crippen molar-refractivity contribution in [1.29, 1.82) is 0 Å². The van der Waals surface area contributed by atoms with E-state index in [9.17, 15) is 4.79 Å². The van der Waals surface area contributed by atoms with E-state index >= 15 is 0 Å². The van der Waals surface area contributed by atoms with E-state index in [4.69, 9.17) is 11.6 Å². The third kappa shape index (κ3) is 7.80. The molecule has 0 aromatic rings. The van der Waals surface area contributed by atoms with Crippen LogP contribution in [0.25, 0.3) is 0 Å². The first-order chi connectivity index (χ1) is 5.81. The number of aldehydes is 1. The minimum atomic E-state index is -0.278. The highest BCUT2D eigenvalue weighted by molar-refractivity contribution is 6.27. The lowest BCUT2D eigenvalue weighted by molar-refractivity contribution is -0.107. The van der Waals surface area contributed by atoms with Gasteiger partial charge in [-0.1, -0.05) is 25.5 Å². The summed E-state index contributed by atoms with van der Waals surface area (Å²) in [6.07, 6.45) is 10.4. The zero-order valence-electron chi connectivity index (χ0n) is 7.63. The molecule has 0 amide bonds. The lowest BCUT2D eigenvalue weighted by atomic mass is 10.1. The van der Waals surface area contributed by atoms with Crippen LogP contribution >= 0.6 is 11.6 Å². The third-order valence-electron chi connectivity index (χ3n) is 1.65. The van der Waals surface area contributed by atoms with E-state index < -0.39 is 0 Å². The van der Waals surface area contributed by atoms with Gasteiger partial charge in [0.1, 0.15) is 6.29 Å². The lowest BCUT2D eigenvalue weighted by Crippen LogP contribution is -1.98. The van der Waals surface area contributed by atoms with Gasteiger partial charge in [-0.05, 0) is 25.7 Å². The molecule has 0 saturated carbocycles. The highest BCUT2D eigenvalue weighted by atomic mass is 35.5. The molecule has 0 bridgehead atoms. The number of carbonyl (C=O) groups excluding carboxylic acids is 1. The molecule has 0 aliphatic carbocycles. The molecule has 12 heavy (non-hydrogen) atoms. The number of alkyl halides is 1. The zero-order valence-corrected chi connectivity index (χ0v) is 8.39. The van der Waals surface area contributed by atoms with Crippen LogP contribution in [0.2, 0.25) is 0 Å². The van der Waals surface area contributed by atoms with Crippen LogP contribution in [0.15, 0.2) is 12.2 Å². The molecule has 70 valence electrons. The Balaban J connectivity index is 3.10. The summed E-state index contributed by atoms with van der Waals surface area (Å²) >= 11 is 5.62. The zero-order chi connectivity index (χ0) is 9.23. The highest BCUT2D eigenvalue weighted by Crippen LogP contribution is 2.07. The molecular weight excluding hydrogens is 172 g/mol. The maximum atomic E-state index is 10.1. The van der Waals surface area contributed by atoms with Gasteiger partial charge in [-0.3, -0.25) is 0 Å². The molecule has 0 saturated heterocycles. The van der Waals surface area contributed by atoms with E-state index in [-0.39, 0.29) is 5.38 Å². The van der Waals surface area contributed by atoms with Gasteiger partial charge >= 0.3 is 0 Å². The molecule has 0 rings (SSSR count). The topological polar surface area (TPSA) is 17.1 Å². The SMILES string of the molecule is CC/C=C\CCCC[C@H](Cl)C=O. The molecule has 2 heteroatoms. The van der Waals surface area contributed by atoms with Crippen LogP contribution in [0, 0.1) is 0 Å². The molecule has 0 heterocycles. The van der Waals surface area contributed by atoms with Crippen molar-refractivity contribution in [3.63, 3.8) is 0 Å². The number of unbranched alkanes of at least 4 members (excludes halogenated alkanes) is 2. The summed E-state index contributed by atoms with van der Waals surface area (Å²) in [5.74, 6) is 0. The minimum absolute atomic E-state index is 0.278. The first-order valence-corrected chi connectivity index (χ1v) is 4.99. The summed E-state index contributed by atoms with van der Waals surface area (Å²) in [6, 6.07) is 0. The van der Waals surface area contributed by atoms with Crippen molar-refractivity contribution in [3.05, 3.63) is 12.2 Å². The van der Waals surface area contributed by atoms with Crippen molar-refractivity contribution in [2.75, 3.05) is 0 Å². The van der Waals surface area contributed by atoms with Crippen LogP contribution in [0.5, 0.6) is 0 Å². The van der Waals surface area contributed by atoms with E-state index in [1.165, 1.54) is 0 Å². The van der Waals surface area contributed by atoms with Crippen molar-refractivity contribution in [1.82, 2.24) is 0 Å². The van der Waals surface area contributed by atoms with Gasteiger partial charge in [-0.15, -0.1) is 11.6 Å². The van der Waals surface area contributed by atoms with Crippen LogP contribution in [0.4, 0.5) is 0 Å². The molecule has 1 atom stereocenters. The van der Waals surface area contributed by atoms with Gasteiger partial charge < -0.3 is 4.79 Å². The Kier molecular flexibility index (Phi) is 8.57. The third-order valence-corrected chi connectivity index (χ3v) is 1.97. The predicted molar refractivity (Wildman–Crippen MR) is 53.6 cm³/mol. The van der Waals surface area contributed by atoms with Crippen LogP contribution in [0.1, 0.15) is 39.0 Å². The summed E-state index contributed by atoms with van der Waals surface area (Å²) in [6.45, 7) is 2.12. The van der Waals surface area contributed by atoms with Gasteiger partial charge in [0.15, 0.2) is 0 Å². The molecule has 0 spiro atoms. The normalized spacial score (nSPS) is 13.5. The Hall–Kier alpha value is -0.300. The molecule has 0 radical (unpaired) electrons. The van der Waals surface area contributed by atoms with Gasteiger partial charge in [-0.2, -0.15) is 0 Å². The molecule has 0 N–H and O–H groups in total. The summed E-state index contributed by atoms with van der Waals surface area (Å²) < 4.78 is 0. The van der Waals surface area contributed by atoms with E-state index in [0.717, 1.165) is 38.4 Å². The molecule has 0 fully saturated rings. The first-order valence-electron chi connectivity index (χ1n) is 4.55. The van der Waals surface area contributed by atoms with E-state index in [1.807, 2.05) is 0 Å². The Morgan fingerprint density at radius 3 is 2.67 bits per heavy atom. The number of hydrogen-bond acceptors (Lipinski definition) is 1. The second kappa shape index (κ2) is 8.79. The fraction of sp³-hybridized carbons (Fsp3) is 0.700. The van der Waals surface area contributed by atoms with Gasteiger partial charge in [0.25, 0.3) is 0 Å². The summed E-state index contributed by atoms with van der Waals surface area (Å²) in [4.78, 5) is 10.1. The molecule has 0 aliphatic heterocycles. The Labute approximate surface area is 79.8 Å². The van der Waals surface area contributed by atoms with Crippen molar-refractivity contribution in [3.8, 4) is 0 Å². The predicted octanol–water partition coefficient (Wildman–Crippen LogP) is 3.32. The van der Waals surface area contributed by atoms with Crippen LogP contribution < -0.4 is 0 Å².